The van der Waals surface area contributed by atoms with Crippen molar-refractivity contribution in [2.24, 2.45) is 0 Å². The standard InChI is InChI=1S/C9H15B/c1-3-10(4-2)9-7-5-6-8-9/h5,7-8H,3-4,6H2,1-2H3. The summed E-state index contributed by atoms with van der Waals surface area (Å²) in [5.74, 6) is 0. The lowest BCUT2D eigenvalue weighted by Crippen LogP contribution is -2.10. The van der Waals surface area contributed by atoms with E-state index in [1.807, 2.05) is 0 Å². The highest BCUT2D eigenvalue weighted by Gasteiger charge is 2.12. The van der Waals surface area contributed by atoms with Gasteiger partial charge in [0.2, 0.25) is 0 Å². The molecular formula is C9H15B. The van der Waals surface area contributed by atoms with E-state index in [2.05, 4.69) is 32.1 Å². The van der Waals surface area contributed by atoms with Gasteiger partial charge in [-0.1, -0.05) is 50.2 Å². The predicted octanol–water partition coefficient (Wildman–Crippen LogP) is 2.95. The van der Waals surface area contributed by atoms with Gasteiger partial charge in [0.15, 0.2) is 6.71 Å². The molecule has 0 heterocycles. The van der Waals surface area contributed by atoms with Gasteiger partial charge in [-0.05, 0) is 6.42 Å². The van der Waals surface area contributed by atoms with Gasteiger partial charge in [-0.2, -0.15) is 0 Å². The normalized spacial score (nSPS) is 15.6. The Kier molecular flexibility index (Phi) is 2.79. The summed E-state index contributed by atoms with van der Waals surface area (Å²) in [5.41, 5.74) is 1.56. The second-order valence-electron chi connectivity index (χ2n) is 2.86. The van der Waals surface area contributed by atoms with Crippen molar-refractivity contribution in [2.45, 2.75) is 32.9 Å². The first-order valence-electron chi connectivity index (χ1n) is 4.25. The number of hydrogen-bond donors (Lipinski definition) is 0. The molecular weight excluding hydrogens is 119 g/mol. The molecule has 0 bridgehead atoms. The summed E-state index contributed by atoms with van der Waals surface area (Å²) >= 11 is 0. The highest BCUT2D eigenvalue weighted by Crippen LogP contribution is 2.17. The molecule has 0 saturated heterocycles. The average Bonchev–Trinajstić information content (AvgIpc) is 2.43. The molecule has 0 nitrogen and oxygen atoms in total. The molecule has 1 aliphatic rings. The molecule has 0 unspecified atom stereocenters. The SMILES string of the molecule is CCB(CC)C1=CCC=C1. The van der Waals surface area contributed by atoms with E-state index in [0.29, 0.717) is 0 Å². The van der Waals surface area contributed by atoms with Crippen molar-refractivity contribution >= 4 is 6.71 Å². The van der Waals surface area contributed by atoms with Crippen LogP contribution in [0.3, 0.4) is 0 Å². The van der Waals surface area contributed by atoms with Crippen LogP contribution in [0.15, 0.2) is 23.7 Å². The fraction of sp³-hybridized carbons (Fsp3) is 0.556. The van der Waals surface area contributed by atoms with Crippen LogP contribution in [-0.2, 0) is 0 Å². The van der Waals surface area contributed by atoms with E-state index < -0.39 is 0 Å². The minimum absolute atomic E-state index is 0.818. The van der Waals surface area contributed by atoms with Crippen LogP contribution in [0.1, 0.15) is 20.3 Å². The van der Waals surface area contributed by atoms with Gasteiger partial charge in [-0.25, -0.2) is 0 Å². The van der Waals surface area contributed by atoms with E-state index >= 15 is 0 Å². The van der Waals surface area contributed by atoms with Crippen molar-refractivity contribution in [2.75, 3.05) is 0 Å². The molecule has 0 saturated carbocycles. The van der Waals surface area contributed by atoms with Crippen LogP contribution in [0.4, 0.5) is 0 Å². The van der Waals surface area contributed by atoms with Crippen LogP contribution in [-0.4, -0.2) is 6.71 Å². The van der Waals surface area contributed by atoms with Crippen LogP contribution in [0.5, 0.6) is 0 Å². The van der Waals surface area contributed by atoms with Crippen LogP contribution >= 0.6 is 0 Å². The lowest BCUT2D eigenvalue weighted by Gasteiger charge is -2.06. The fourth-order valence-corrected chi connectivity index (χ4v) is 1.54. The first kappa shape index (κ1) is 7.65. The Hall–Kier alpha value is -0.455. The van der Waals surface area contributed by atoms with Crippen molar-refractivity contribution in [3.05, 3.63) is 23.7 Å². The fourth-order valence-electron chi connectivity index (χ4n) is 1.54. The summed E-state index contributed by atoms with van der Waals surface area (Å²) in [6.45, 7) is 5.35. The van der Waals surface area contributed by atoms with Crippen LogP contribution in [0, 0.1) is 0 Å². The Morgan fingerprint density at radius 3 is 2.50 bits per heavy atom. The summed E-state index contributed by atoms with van der Waals surface area (Å²) < 4.78 is 0. The molecule has 54 valence electrons. The van der Waals surface area contributed by atoms with Gasteiger partial charge in [0.1, 0.15) is 0 Å². The summed E-state index contributed by atoms with van der Waals surface area (Å²) in [7, 11) is 0. The average molecular weight is 134 g/mol. The Bertz CT molecular complexity index is 152. The predicted molar refractivity (Wildman–Crippen MR) is 48.6 cm³/mol. The highest BCUT2D eigenvalue weighted by atomic mass is 13.9. The second kappa shape index (κ2) is 3.65. The van der Waals surface area contributed by atoms with Crippen molar-refractivity contribution < 1.29 is 0 Å². The van der Waals surface area contributed by atoms with Gasteiger partial charge in [0, 0.05) is 0 Å². The third kappa shape index (κ3) is 1.53. The molecule has 0 fully saturated rings. The molecule has 1 aliphatic carbocycles. The van der Waals surface area contributed by atoms with E-state index in [0.717, 1.165) is 13.1 Å². The highest BCUT2D eigenvalue weighted by molar-refractivity contribution is 6.67. The zero-order chi connectivity index (χ0) is 7.40. The smallest absolute Gasteiger partial charge is 0.0863 e. The van der Waals surface area contributed by atoms with Gasteiger partial charge < -0.3 is 0 Å². The van der Waals surface area contributed by atoms with Crippen molar-refractivity contribution in [3.8, 4) is 0 Å². The largest absolute Gasteiger partial charge is 0.174 e. The first-order chi connectivity index (χ1) is 4.88. The Balaban J connectivity index is 2.52. The molecule has 0 aromatic carbocycles. The zero-order valence-electron chi connectivity index (χ0n) is 6.93. The quantitative estimate of drug-likeness (QED) is 0.520. The van der Waals surface area contributed by atoms with E-state index in [1.54, 1.807) is 5.47 Å². The third-order valence-electron chi connectivity index (χ3n) is 2.26. The zero-order valence-corrected chi connectivity index (χ0v) is 6.93. The molecule has 0 atom stereocenters. The van der Waals surface area contributed by atoms with Crippen LogP contribution < -0.4 is 0 Å². The number of hydrogen-bond acceptors (Lipinski definition) is 0. The van der Waals surface area contributed by atoms with Gasteiger partial charge in [-0.3, -0.25) is 0 Å². The summed E-state index contributed by atoms with van der Waals surface area (Å²) in [5, 5.41) is 0. The molecule has 0 radical (unpaired) electrons. The summed E-state index contributed by atoms with van der Waals surface area (Å²) in [4.78, 5) is 0. The van der Waals surface area contributed by atoms with Gasteiger partial charge in [-0.15, -0.1) is 0 Å². The van der Waals surface area contributed by atoms with E-state index in [-0.39, 0.29) is 0 Å². The molecule has 10 heavy (non-hydrogen) atoms. The Labute approximate surface area is 64.1 Å². The van der Waals surface area contributed by atoms with E-state index in [4.69, 9.17) is 0 Å². The van der Waals surface area contributed by atoms with E-state index in [1.165, 1.54) is 12.6 Å². The van der Waals surface area contributed by atoms with E-state index in [9.17, 15) is 0 Å². The maximum atomic E-state index is 2.34. The van der Waals surface area contributed by atoms with Gasteiger partial charge >= 0.3 is 0 Å². The second-order valence-corrected chi connectivity index (χ2v) is 2.86. The summed E-state index contributed by atoms with van der Waals surface area (Å²) in [6, 6.07) is 0. The van der Waals surface area contributed by atoms with Crippen molar-refractivity contribution in [3.63, 3.8) is 0 Å². The molecule has 1 heteroatoms. The van der Waals surface area contributed by atoms with Gasteiger partial charge in [0.05, 0.1) is 0 Å². The van der Waals surface area contributed by atoms with Crippen molar-refractivity contribution in [1.29, 1.82) is 0 Å². The molecule has 0 N–H and O–H groups in total. The van der Waals surface area contributed by atoms with Crippen LogP contribution in [0.2, 0.25) is 12.6 Å². The summed E-state index contributed by atoms with van der Waals surface area (Å²) in [6.07, 6.45) is 10.6. The number of allylic oxidation sites excluding steroid dienone is 4. The van der Waals surface area contributed by atoms with Crippen LogP contribution in [0.25, 0.3) is 0 Å². The third-order valence-corrected chi connectivity index (χ3v) is 2.26. The molecule has 0 aliphatic heterocycles. The monoisotopic (exact) mass is 134 g/mol. The minimum atomic E-state index is 0.818. The minimum Gasteiger partial charge on any atom is -0.0863 e. The molecule has 0 amide bonds. The number of rotatable bonds is 3. The maximum Gasteiger partial charge on any atom is 0.174 e. The Morgan fingerprint density at radius 1 is 1.40 bits per heavy atom. The molecule has 0 aromatic heterocycles. The van der Waals surface area contributed by atoms with Gasteiger partial charge in [0.25, 0.3) is 0 Å². The lowest BCUT2D eigenvalue weighted by molar-refractivity contribution is 1.31. The molecule has 1 rings (SSSR count). The topological polar surface area (TPSA) is 0 Å². The molecule has 0 spiro atoms. The Morgan fingerprint density at radius 2 is 2.10 bits per heavy atom. The maximum absolute atomic E-state index is 2.34. The molecule has 0 aromatic rings. The lowest BCUT2D eigenvalue weighted by atomic mass is 9.41. The first-order valence-corrected chi connectivity index (χ1v) is 4.25. The van der Waals surface area contributed by atoms with Crippen molar-refractivity contribution in [1.82, 2.24) is 0 Å².